The zero-order chi connectivity index (χ0) is 12.3. The maximum Gasteiger partial charge on any atom is 0.251 e. The van der Waals surface area contributed by atoms with E-state index in [-0.39, 0.29) is 10.4 Å². The van der Waals surface area contributed by atoms with Gasteiger partial charge in [-0.05, 0) is 12.1 Å². The van der Waals surface area contributed by atoms with Crippen LogP contribution in [0.3, 0.4) is 0 Å². The Hall–Kier alpha value is -1.04. The molecule has 1 atom stereocenters. The van der Waals surface area contributed by atoms with Crippen LogP contribution in [-0.4, -0.2) is 17.3 Å². The average molecular weight is 296 g/mol. The van der Waals surface area contributed by atoms with Gasteiger partial charge >= 0.3 is 0 Å². The van der Waals surface area contributed by atoms with Crippen LogP contribution in [0.2, 0.25) is 0 Å². The van der Waals surface area contributed by atoms with Crippen molar-refractivity contribution in [3.8, 4) is 0 Å². The molecule has 2 nitrogen and oxygen atoms in total. The molecule has 1 aromatic rings. The molecule has 0 bridgehead atoms. The molecule has 0 spiro atoms. The number of carbonyl (C=O) groups excluding carboxylic acids is 1. The third-order valence-corrected chi connectivity index (χ3v) is 2.11. The first-order chi connectivity index (χ1) is 7.41. The number of rotatable bonds is 3. The van der Waals surface area contributed by atoms with E-state index in [1.54, 1.807) is 6.92 Å². The van der Waals surface area contributed by atoms with Gasteiger partial charge in [0.2, 0.25) is 0 Å². The lowest BCUT2D eigenvalue weighted by Gasteiger charge is -2.07. The summed E-state index contributed by atoms with van der Waals surface area (Å²) in [4.78, 5) is 11.4. The van der Waals surface area contributed by atoms with Crippen molar-refractivity contribution in [3.05, 3.63) is 35.1 Å². The summed E-state index contributed by atoms with van der Waals surface area (Å²) in [7, 11) is 0. The average Bonchev–Trinajstić information content (AvgIpc) is 2.21. The second-order valence-electron chi connectivity index (χ2n) is 3.24. The summed E-state index contributed by atoms with van der Waals surface area (Å²) in [5.41, 5.74) is -0.246. The molecule has 88 valence electrons. The second kappa shape index (κ2) is 5.34. The molecule has 0 saturated heterocycles. The van der Waals surface area contributed by atoms with E-state index < -0.39 is 23.4 Å². The molecule has 0 aromatic heterocycles. The van der Waals surface area contributed by atoms with Crippen molar-refractivity contribution >= 4 is 21.8 Å². The normalized spacial score (nSPS) is 12.3. The van der Waals surface area contributed by atoms with Gasteiger partial charge in [-0.25, -0.2) is 13.2 Å². The smallest absolute Gasteiger partial charge is 0.251 e. The summed E-state index contributed by atoms with van der Waals surface area (Å²) < 4.78 is 38.2. The first-order valence-electron chi connectivity index (χ1n) is 4.48. The minimum absolute atomic E-state index is 0.0339. The number of amides is 1. The van der Waals surface area contributed by atoms with Crippen LogP contribution >= 0.6 is 15.9 Å². The van der Waals surface area contributed by atoms with E-state index in [4.69, 9.17) is 0 Å². The topological polar surface area (TPSA) is 29.1 Å². The highest BCUT2D eigenvalue weighted by Gasteiger charge is 2.14. The highest BCUT2D eigenvalue weighted by molar-refractivity contribution is 9.09. The number of hydrogen-bond acceptors (Lipinski definition) is 1. The van der Waals surface area contributed by atoms with Crippen LogP contribution in [0.15, 0.2) is 12.1 Å². The van der Waals surface area contributed by atoms with Crippen LogP contribution in [0.25, 0.3) is 0 Å². The number of alkyl halides is 1. The van der Waals surface area contributed by atoms with Crippen LogP contribution < -0.4 is 5.32 Å². The highest BCUT2D eigenvalue weighted by atomic mass is 79.9. The number of nitrogens with one attached hydrogen (secondary N) is 1. The molecule has 0 saturated carbocycles. The minimum Gasteiger partial charge on any atom is -0.351 e. The third kappa shape index (κ3) is 3.23. The molecule has 0 aliphatic heterocycles. The van der Waals surface area contributed by atoms with Crippen molar-refractivity contribution in [1.29, 1.82) is 0 Å². The summed E-state index contributed by atoms with van der Waals surface area (Å²) in [5, 5.41) is 2.43. The monoisotopic (exact) mass is 295 g/mol. The van der Waals surface area contributed by atoms with Crippen molar-refractivity contribution in [1.82, 2.24) is 5.32 Å². The van der Waals surface area contributed by atoms with Crippen molar-refractivity contribution in [2.24, 2.45) is 0 Å². The van der Waals surface area contributed by atoms with Gasteiger partial charge in [0.1, 0.15) is 0 Å². The summed E-state index contributed by atoms with van der Waals surface area (Å²) in [6.45, 7) is 2.10. The van der Waals surface area contributed by atoms with E-state index in [0.29, 0.717) is 18.7 Å². The Labute approximate surface area is 99.0 Å². The maximum atomic E-state index is 12.8. The van der Waals surface area contributed by atoms with Crippen LogP contribution in [0, 0.1) is 17.5 Å². The Bertz CT molecular complexity index is 386. The van der Waals surface area contributed by atoms with Gasteiger partial charge in [0.25, 0.3) is 5.91 Å². The largest absolute Gasteiger partial charge is 0.351 e. The van der Waals surface area contributed by atoms with E-state index in [1.165, 1.54) is 0 Å². The third-order valence-electron chi connectivity index (χ3n) is 1.79. The lowest BCUT2D eigenvalue weighted by Crippen LogP contribution is -2.28. The van der Waals surface area contributed by atoms with Gasteiger partial charge in [-0.1, -0.05) is 22.9 Å². The van der Waals surface area contributed by atoms with Gasteiger partial charge in [0.05, 0.1) is 0 Å². The van der Waals surface area contributed by atoms with E-state index in [1.807, 2.05) is 0 Å². The van der Waals surface area contributed by atoms with Gasteiger partial charge in [-0.3, -0.25) is 4.79 Å². The number of benzene rings is 1. The molecule has 6 heteroatoms. The fourth-order valence-electron chi connectivity index (χ4n) is 1.02. The number of halogens is 4. The first-order valence-corrected chi connectivity index (χ1v) is 5.40. The number of hydrogen-bond donors (Lipinski definition) is 1. The van der Waals surface area contributed by atoms with Gasteiger partial charge in [0.15, 0.2) is 17.5 Å². The molecule has 1 rings (SSSR count). The molecule has 0 aliphatic rings. The molecule has 0 aliphatic carbocycles. The van der Waals surface area contributed by atoms with Crippen LogP contribution in [0.4, 0.5) is 13.2 Å². The Balaban J connectivity index is 2.84. The molecule has 1 aromatic carbocycles. The fraction of sp³-hybridized carbons (Fsp3) is 0.300. The molecule has 0 radical (unpaired) electrons. The minimum atomic E-state index is -1.58. The fourth-order valence-corrected chi connectivity index (χ4v) is 1.18. The molecule has 16 heavy (non-hydrogen) atoms. The van der Waals surface area contributed by atoms with E-state index in [9.17, 15) is 18.0 Å². The molecular weight excluding hydrogens is 287 g/mol. The van der Waals surface area contributed by atoms with Gasteiger partial charge in [-0.2, -0.15) is 0 Å². The highest BCUT2D eigenvalue weighted by Crippen LogP contribution is 2.13. The van der Waals surface area contributed by atoms with Crippen molar-refractivity contribution in [2.45, 2.75) is 11.8 Å². The quantitative estimate of drug-likeness (QED) is 0.674. The Morgan fingerprint density at radius 1 is 1.38 bits per heavy atom. The molecule has 0 heterocycles. The molecular formula is C10H9BrF3NO. The molecule has 1 N–H and O–H groups in total. The summed E-state index contributed by atoms with van der Waals surface area (Å²) in [6, 6.07) is 1.32. The zero-order valence-corrected chi connectivity index (χ0v) is 9.95. The predicted molar refractivity (Wildman–Crippen MR) is 57.0 cm³/mol. The molecule has 1 amide bonds. The van der Waals surface area contributed by atoms with E-state index >= 15 is 0 Å². The lowest BCUT2D eigenvalue weighted by molar-refractivity contribution is 0.0953. The van der Waals surface area contributed by atoms with Gasteiger partial charge in [0, 0.05) is 16.9 Å². The zero-order valence-electron chi connectivity index (χ0n) is 8.36. The van der Waals surface area contributed by atoms with Crippen LogP contribution in [-0.2, 0) is 0 Å². The Kier molecular flexibility index (Phi) is 4.35. The van der Waals surface area contributed by atoms with Crippen LogP contribution in [0.5, 0.6) is 0 Å². The summed E-state index contributed by atoms with van der Waals surface area (Å²) in [6.07, 6.45) is 0. The van der Waals surface area contributed by atoms with Gasteiger partial charge in [-0.15, -0.1) is 0 Å². The second-order valence-corrected chi connectivity index (χ2v) is 4.81. The summed E-state index contributed by atoms with van der Waals surface area (Å²) in [5.74, 6) is -4.98. The van der Waals surface area contributed by atoms with E-state index in [0.717, 1.165) is 0 Å². The summed E-state index contributed by atoms with van der Waals surface area (Å²) >= 11 is 3.19. The maximum absolute atomic E-state index is 12.8. The predicted octanol–water partition coefficient (Wildman–Crippen LogP) is 2.62. The Morgan fingerprint density at radius 2 is 1.88 bits per heavy atom. The lowest BCUT2D eigenvalue weighted by atomic mass is 10.2. The Morgan fingerprint density at radius 3 is 2.31 bits per heavy atom. The van der Waals surface area contributed by atoms with Crippen molar-refractivity contribution in [3.63, 3.8) is 0 Å². The molecule has 0 fully saturated rings. The number of carbonyl (C=O) groups is 1. The van der Waals surface area contributed by atoms with E-state index in [2.05, 4.69) is 21.2 Å². The first kappa shape index (κ1) is 13.0. The van der Waals surface area contributed by atoms with Crippen molar-refractivity contribution < 1.29 is 18.0 Å². The SMILES string of the molecule is CC(Br)CNC(=O)c1cc(F)c(F)c(F)c1. The van der Waals surface area contributed by atoms with Crippen molar-refractivity contribution in [2.75, 3.05) is 6.54 Å². The molecule has 1 unspecified atom stereocenters. The van der Waals surface area contributed by atoms with Gasteiger partial charge < -0.3 is 5.32 Å². The van der Waals surface area contributed by atoms with Crippen LogP contribution in [0.1, 0.15) is 17.3 Å². The standard InChI is InChI=1S/C10H9BrF3NO/c1-5(11)4-15-10(16)6-2-7(12)9(14)8(13)3-6/h2-3,5H,4H2,1H3,(H,15,16).